The van der Waals surface area contributed by atoms with Crippen molar-refractivity contribution < 1.29 is 0 Å². The number of nitrogens with one attached hydrogen (secondary N) is 1. The molecule has 0 aliphatic carbocycles. The molecule has 2 rings (SSSR count). The molecule has 1 atom stereocenters. The molecule has 5 heteroatoms. The van der Waals surface area contributed by atoms with Gasteiger partial charge in [0, 0.05) is 11.6 Å². The molecule has 2 heterocycles. The molecule has 0 aromatic carbocycles. The van der Waals surface area contributed by atoms with E-state index in [0.29, 0.717) is 5.15 Å². The highest BCUT2D eigenvalue weighted by molar-refractivity contribution is 7.09. The second-order valence-electron chi connectivity index (χ2n) is 3.50. The molecule has 0 saturated carbocycles. The highest BCUT2D eigenvalue weighted by Crippen LogP contribution is 2.23. The number of halogens is 1. The Kier molecular flexibility index (Phi) is 3.41. The molecule has 0 bridgehead atoms. The smallest absolute Gasteiger partial charge is 0.129 e. The molecule has 0 amide bonds. The van der Waals surface area contributed by atoms with Crippen LogP contribution in [0.25, 0.3) is 0 Å². The number of rotatable bonds is 3. The van der Waals surface area contributed by atoms with Gasteiger partial charge in [0.25, 0.3) is 0 Å². The average Bonchev–Trinajstić information content (AvgIpc) is 2.75. The molecule has 0 aliphatic rings. The number of aromatic nitrogens is 2. The summed E-state index contributed by atoms with van der Waals surface area (Å²) in [6, 6.07) is 3.90. The standard InChI is InChI=1S/C11H12ClN3S/c1-7-9(3-4-10(12)15-7)14-8(2)11-13-5-6-16-11/h3-6,8,14H,1-2H3. The van der Waals surface area contributed by atoms with Gasteiger partial charge >= 0.3 is 0 Å². The summed E-state index contributed by atoms with van der Waals surface area (Å²) >= 11 is 7.44. The first-order valence-electron chi connectivity index (χ1n) is 4.96. The Balaban J connectivity index is 2.15. The molecule has 0 spiro atoms. The third kappa shape index (κ3) is 2.51. The normalized spacial score (nSPS) is 12.4. The van der Waals surface area contributed by atoms with Crippen LogP contribution >= 0.6 is 22.9 Å². The Hall–Kier alpha value is -1.13. The minimum Gasteiger partial charge on any atom is -0.375 e. The van der Waals surface area contributed by atoms with Crippen molar-refractivity contribution >= 4 is 28.6 Å². The van der Waals surface area contributed by atoms with E-state index in [1.54, 1.807) is 17.4 Å². The van der Waals surface area contributed by atoms with Crippen molar-refractivity contribution in [3.63, 3.8) is 0 Å². The van der Waals surface area contributed by atoms with Crippen molar-refractivity contribution in [3.05, 3.63) is 39.6 Å². The zero-order chi connectivity index (χ0) is 11.5. The predicted octanol–water partition coefficient (Wildman–Crippen LogP) is 3.67. The largest absolute Gasteiger partial charge is 0.375 e. The fourth-order valence-corrected chi connectivity index (χ4v) is 2.26. The summed E-state index contributed by atoms with van der Waals surface area (Å²) in [5.41, 5.74) is 1.89. The zero-order valence-electron chi connectivity index (χ0n) is 9.07. The molecule has 84 valence electrons. The second-order valence-corrected chi connectivity index (χ2v) is 4.82. The molecule has 0 saturated heterocycles. The van der Waals surface area contributed by atoms with Crippen LogP contribution in [0.1, 0.15) is 23.7 Å². The Bertz CT molecular complexity index is 470. The predicted molar refractivity (Wildman–Crippen MR) is 68.1 cm³/mol. The summed E-state index contributed by atoms with van der Waals surface area (Å²) in [5, 5.41) is 6.92. The Morgan fingerprint density at radius 3 is 2.88 bits per heavy atom. The lowest BCUT2D eigenvalue weighted by molar-refractivity contribution is 0.865. The van der Waals surface area contributed by atoms with Gasteiger partial charge in [-0.15, -0.1) is 11.3 Å². The van der Waals surface area contributed by atoms with Gasteiger partial charge in [-0.05, 0) is 26.0 Å². The first-order chi connectivity index (χ1) is 7.66. The zero-order valence-corrected chi connectivity index (χ0v) is 10.6. The van der Waals surface area contributed by atoms with Crippen LogP contribution in [0.3, 0.4) is 0 Å². The lowest BCUT2D eigenvalue weighted by atomic mass is 10.2. The van der Waals surface area contributed by atoms with E-state index in [9.17, 15) is 0 Å². The highest BCUT2D eigenvalue weighted by Gasteiger charge is 2.09. The van der Waals surface area contributed by atoms with Crippen LogP contribution in [0.2, 0.25) is 5.15 Å². The van der Waals surface area contributed by atoms with E-state index in [4.69, 9.17) is 11.6 Å². The number of pyridine rings is 1. The quantitative estimate of drug-likeness (QED) is 0.848. The van der Waals surface area contributed by atoms with E-state index in [2.05, 4.69) is 22.2 Å². The van der Waals surface area contributed by atoms with Crippen LogP contribution in [-0.2, 0) is 0 Å². The molecule has 2 aromatic rings. The van der Waals surface area contributed by atoms with Crippen LogP contribution in [0.4, 0.5) is 5.69 Å². The Morgan fingerprint density at radius 2 is 2.25 bits per heavy atom. The molecule has 0 radical (unpaired) electrons. The van der Waals surface area contributed by atoms with E-state index >= 15 is 0 Å². The van der Waals surface area contributed by atoms with Gasteiger partial charge < -0.3 is 5.32 Å². The fraction of sp³-hybridized carbons (Fsp3) is 0.273. The van der Waals surface area contributed by atoms with Crippen LogP contribution in [-0.4, -0.2) is 9.97 Å². The summed E-state index contributed by atoms with van der Waals surface area (Å²) < 4.78 is 0. The lowest BCUT2D eigenvalue weighted by Gasteiger charge is -2.14. The first-order valence-corrected chi connectivity index (χ1v) is 6.21. The molecule has 1 N–H and O–H groups in total. The number of anilines is 1. The van der Waals surface area contributed by atoms with Gasteiger partial charge in [-0.1, -0.05) is 11.6 Å². The van der Waals surface area contributed by atoms with Gasteiger partial charge in [-0.25, -0.2) is 9.97 Å². The third-order valence-electron chi connectivity index (χ3n) is 2.25. The molecule has 1 unspecified atom stereocenters. The van der Waals surface area contributed by atoms with Crippen molar-refractivity contribution in [3.8, 4) is 0 Å². The maximum Gasteiger partial charge on any atom is 0.129 e. The van der Waals surface area contributed by atoms with Gasteiger partial charge in [0.1, 0.15) is 10.2 Å². The van der Waals surface area contributed by atoms with Crippen LogP contribution in [0, 0.1) is 6.92 Å². The number of nitrogens with zero attached hydrogens (tertiary/aromatic N) is 2. The van der Waals surface area contributed by atoms with Gasteiger partial charge in [-0.2, -0.15) is 0 Å². The topological polar surface area (TPSA) is 37.8 Å². The van der Waals surface area contributed by atoms with Gasteiger partial charge in [-0.3, -0.25) is 0 Å². The minimum atomic E-state index is 0.182. The van der Waals surface area contributed by atoms with Crippen LogP contribution < -0.4 is 5.32 Å². The van der Waals surface area contributed by atoms with Crippen LogP contribution in [0.15, 0.2) is 23.7 Å². The fourth-order valence-electron chi connectivity index (χ4n) is 1.43. The van der Waals surface area contributed by atoms with E-state index < -0.39 is 0 Å². The van der Waals surface area contributed by atoms with Crippen molar-refractivity contribution in [2.75, 3.05) is 5.32 Å². The van der Waals surface area contributed by atoms with Crippen molar-refractivity contribution in [1.82, 2.24) is 9.97 Å². The first kappa shape index (κ1) is 11.4. The summed E-state index contributed by atoms with van der Waals surface area (Å²) in [5.74, 6) is 0. The van der Waals surface area contributed by atoms with Gasteiger partial charge in [0.2, 0.25) is 0 Å². The van der Waals surface area contributed by atoms with E-state index in [-0.39, 0.29) is 6.04 Å². The van der Waals surface area contributed by atoms with Crippen LogP contribution in [0.5, 0.6) is 0 Å². The number of hydrogen-bond acceptors (Lipinski definition) is 4. The number of thiazole rings is 1. The second kappa shape index (κ2) is 4.80. The molecule has 0 fully saturated rings. The summed E-state index contributed by atoms with van der Waals surface area (Å²) in [7, 11) is 0. The highest BCUT2D eigenvalue weighted by atomic mass is 35.5. The summed E-state index contributed by atoms with van der Waals surface area (Å²) in [6.45, 7) is 4.01. The third-order valence-corrected chi connectivity index (χ3v) is 3.41. The maximum absolute atomic E-state index is 5.80. The van der Waals surface area contributed by atoms with Crippen molar-refractivity contribution in [2.45, 2.75) is 19.9 Å². The van der Waals surface area contributed by atoms with E-state index in [1.165, 1.54) is 0 Å². The minimum absolute atomic E-state index is 0.182. The van der Waals surface area contributed by atoms with E-state index in [0.717, 1.165) is 16.4 Å². The van der Waals surface area contributed by atoms with Crippen molar-refractivity contribution in [1.29, 1.82) is 0 Å². The Labute approximate surface area is 104 Å². The molecular weight excluding hydrogens is 242 g/mol. The maximum atomic E-state index is 5.80. The van der Waals surface area contributed by atoms with Crippen molar-refractivity contribution in [2.24, 2.45) is 0 Å². The summed E-state index contributed by atoms with van der Waals surface area (Å²) in [6.07, 6.45) is 1.81. The summed E-state index contributed by atoms with van der Waals surface area (Å²) in [4.78, 5) is 8.46. The molecule has 2 aromatic heterocycles. The molecule has 0 aliphatic heterocycles. The SMILES string of the molecule is Cc1nc(Cl)ccc1NC(C)c1nccs1. The monoisotopic (exact) mass is 253 g/mol. The average molecular weight is 254 g/mol. The van der Waals surface area contributed by atoms with E-state index in [1.807, 2.05) is 24.6 Å². The Morgan fingerprint density at radius 1 is 1.44 bits per heavy atom. The lowest BCUT2D eigenvalue weighted by Crippen LogP contribution is -2.07. The number of aryl methyl sites for hydroxylation is 1. The molecule has 3 nitrogen and oxygen atoms in total. The molecular formula is C11H12ClN3S. The number of hydrogen-bond donors (Lipinski definition) is 1. The van der Waals surface area contributed by atoms with Gasteiger partial charge in [0.05, 0.1) is 17.4 Å². The molecule has 16 heavy (non-hydrogen) atoms. The van der Waals surface area contributed by atoms with Gasteiger partial charge in [0.15, 0.2) is 0 Å².